The number of rotatable bonds is 7. The Balaban J connectivity index is 0.000000472. The highest BCUT2D eigenvalue weighted by Crippen LogP contribution is 2.20. The van der Waals surface area contributed by atoms with Crippen molar-refractivity contribution in [2.45, 2.75) is 64.3 Å². The first-order valence-corrected chi connectivity index (χ1v) is 9.34. The fourth-order valence-electron chi connectivity index (χ4n) is 2.53. The Kier molecular flexibility index (Phi) is 10.3. The second kappa shape index (κ2) is 10.4. The van der Waals surface area contributed by atoms with Gasteiger partial charge in [-0.05, 0) is 12.8 Å². The molecular weight excluding hydrogens is 319 g/mol. The van der Waals surface area contributed by atoms with E-state index in [1.807, 2.05) is 4.90 Å². The standard InChI is InChI=1S/C13H27N.CHF3O3S/c1-3-4-5-6-7-8-10-14-11-9-13(2)12-14;2-1(3,4)8(5,6)7/h13H,3-12H2,1-2H3;(H,5,6,7). The van der Waals surface area contributed by atoms with Crippen molar-refractivity contribution in [2.75, 3.05) is 19.6 Å². The van der Waals surface area contributed by atoms with Crippen molar-refractivity contribution in [3.8, 4) is 0 Å². The van der Waals surface area contributed by atoms with Crippen LogP contribution in [0.2, 0.25) is 0 Å². The maximum atomic E-state index is 10.7. The van der Waals surface area contributed by atoms with Crippen LogP contribution in [0, 0.1) is 5.92 Å². The van der Waals surface area contributed by atoms with E-state index in [4.69, 9.17) is 13.0 Å². The summed E-state index contributed by atoms with van der Waals surface area (Å²) in [6.45, 7) is 9.01. The van der Waals surface area contributed by atoms with Crippen LogP contribution in [0.25, 0.3) is 0 Å². The largest absolute Gasteiger partial charge is 0.741 e. The van der Waals surface area contributed by atoms with Gasteiger partial charge in [-0.25, -0.2) is 8.42 Å². The summed E-state index contributed by atoms with van der Waals surface area (Å²) in [6, 6.07) is 0. The fourth-order valence-corrected chi connectivity index (χ4v) is 2.53. The normalized spacial score (nSPS) is 22.3. The van der Waals surface area contributed by atoms with E-state index in [-0.39, 0.29) is 0 Å². The van der Waals surface area contributed by atoms with Gasteiger partial charge in [-0.2, -0.15) is 13.2 Å². The molecule has 22 heavy (non-hydrogen) atoms. The van der Waals surface area contributed by atoms with Crippen molar-refractivity contribution < 1.29 is 31.0 Å². The topological polar surface area (TPSA) is 61.6 Å². The van der Waals surface area contributed by atoms with Gasteiger partial charge in [0.15, 0.2) is 10.1 Å². The lowest BCUT2D eigenvalue weighted by Crippen LogP contribution is -3.10. The molecule has 0 aromatic heterocycles. The third kappa shape index (κ3) is 10.4. The SMILES string of the molecule is CCCCCCCC[NH+]1CCC(C)C1.O=S(=O)([O-])C(F)(F)F. The molecule has 0 aromatic carbocycles. The predicted octanol–water partition coefficient (Wildman–Crippen LogP) is 2.32. The van der Waals surface area contributed by atoms with Crippen LogP contribution in [-0.2, 0) is 10.1 Å². The van der Waals surface area contributed by atoms with E-state index >= 15 is 0 Å². The highest BCUT2D eigenvalue weighted by atomic mass is 32.2. The van der Waals surface area contributed by atoms with Gasteiger partial charge >= 0.3 is 5.51 Å². The molecule has 0 amide bonds. The average Bonchev–Trinajstić information content (AvgIpc) is 2.78. The van der Waals surface area contributed by atoms with Gasteiger partial charge < -0.3 is 9.45 Å². The van der Waals surface area contributed by atoms with Crippen LogP contribution < -0.4 is 4.90 Å². The van der Waals surface area contributed by atoms with E-state index in [1.54, 1.807) is 0 Å². The Labute approximate surface area is 131 Å². The monoisotopic (exact) mass is 347 g/mol. The average molecular weight is 347 g/mol. The summed E-state index contributed by atoms with van der Waals surface area (Å²) in [5.41, 5.74) is -5.65. The van der Waals surface area contributed by atoms with Crippen molar-refractivity contribution in [1.29, 1.82) is 0 Å². The van der Waals surface area contributed by atoms with Crippen LogP contribution in [-0.4, -0.2) is 38.1 Å². The van der Waals surface area contributed by atoms with Gasteiger partial charge in [0.1, 0.15) is 0 Å². The number of nitrogens with one attached hydrogen (secondary N) is 1. The molecule has 8 heteroatoms. The number of hydrogen-bond donors (Lipinski definition) is 1. The number of likely N-dealkylation sites (tertiary alicyclic amines) is 1. The van der Waals surface area contributed by atoms with E-state index in [2.05, 4.69) is 13.8 Å². The molecule has 0 aliphatic carbocycles. The van der Waals surface area contributed by atoms with Crippen LogP contribution in [0.5, 0.6) is 0 Å². The number of halogens is 3. The van der Waals surface area contributed by atoms with E-state index in [1.165, 1.54) is 64.6 Å². The molecule has 0 aromatic rings. The molecule has 1 saturated heterocycles. The van der Waals surface area contributed by atoms with Crippen molar-refractivity contribution in [3.05, 3.63) is 0 Å². The van der Waals surface area contributed by atoms with Gasteiger partial charge in [0.2, 0.25) is 0 Å². The molecule has 1 fully saturated rings. The molecule has 0 bridgehead atoms. The van der Waals surface area contributed by atoms with E-state index in [0.29, 0.717) is 0 Å². The minimum absolute atomic E-state index is 0.991. The lowest BCUT2D eigenvalue weighted by Gasteiger charge is -2.11. The van der Waals surface area contributed by atoms with Gasteiger partial charge in [-0.3, -0.25) is 0 Å². The van der Waals surface area contributed by atoms with Crippen LogP contribution in [0.4, 0.5) is 13.2 Å². The molecule has 1 rings (SSSR count). The van der Waals surface area contributed by atoms with Crippen molar-refractivity contribution in [3.63, 3.8) is 0 Å². The first-order valence-electron chi connectivity index (χ1n) is 7.93. The van der Waals surface area contributed by atoms with Crippen LogP contribution >= 0.6 is 0 Å². The molecule has 0 saturated carbocycles. The van der Waals surface area contributed by atoms with Crippen molar-refractivity contribution >= 4 is 10.1 Å². The molecule has 2 unspecified atom stereocenters. The van der Waals surface area contributed by atoms with E-state index in [0.717, 1.165) is 5.92 Å². The van der Waals surface area contributed by atoms with Gasteiger partial charge in [-0.15, -0.1) is 0 Å². The van der Waals surface area contributed by atoms with Crippen LogP contribution in [0.3, 0.4) is 0 Å². The molecule has 1 aliphatic rings. The smallest absolute Gasteiger partial charge is 0.485 e. The number of alkyl halides is 3. The highest BCUT2D eigenvalue weighted by Gasteiger charge is 2.36. The number of quaternary nitrogens is 1. The molecular formula is C14H28F3NO3S. The van der Waals surface area contributed by atoms with Crippen LogP contribution in [0.15, 0.2) is 0 Å². The van der Waals surface area contributed by atoms with Crippen LogP contribution in [0.1, 0.15) is 58.8 Å². The summed E-state index contributed by atoms with van der Waals surface area (Å²) in [4.78, 5) is 1.87. The maximum Gasteiger partial charge on any atom is 0.485 e. The van der Waals surface area contributed by atoms with Gasteiger partial charge in [0, 0.05) is 12.3 Å². The van der Waals surface area contributed by atoms with Crippen molar-refractivity contribution in [2.24, 2.45) is 5.92 Å². The highest BCUT2D eigenvalue weighted by molar-refractivity contribution is 7.86. The molecule has 0 spiro atoms. The lowest BCUT2D eigenvalue weighted by atomic mass is 10.1. The Morgan fingerprint density at radius 1 is 1.14 bits per heavy atom. The second-order valence-electron chi connectivity index (χ2n) is 6.02. The first kappa shape index (κ1) is 21.7. The van der Waals surface area contributed by atoms with Gasteiger partial charge in [0.25, 0.3) is 0 Å². The summed E-state index contributed by atoms with van der Waals surface area (Å²) < 4.78 is 58.9. The molecule has 2 atom stereocenters. The Bertz CT molecular complexity index is 385. The minimum atomic E-state index is -6.09. The molecule has 4 nitrogen and oxygen atoms in total. The zero-order valence-corrected chi connectivity index (χ0v) is 14.2. The quantitative estimate of drug-likeness (QED) is 0.437. The Morgan fingerprint density at radius 3 is 2.05 bits per heavy atom. The molecule has 0 radical (unpaired) electrons. The number of hydrogen-bond acceptors (Lipinski definition) is 3. The van der Waals surface area contributed by atoms with Gasteiger partial charge in [-0.1, -0.05) is 39.5 Å². The molecule has 1 N–H and O–H groups in total. The summed E-state index contributed by atoms with van der Waals surface area (Å²) in [5, 5.41) is 0. The lowest BCUT2D eigenvalue weighted by molar-refractivity contribution is -0.889. The van der Waals surface area contributed by atoms with E-state index in [9.17, 15) is 13.2 Å². The minimum Gasteiger partial charge on any atom is -0.741 e. The van der Waals surface area contributed by atoms with Gasteiger partial charge in [0.05, 0.1) is 19.6 Å². The van der Waals surface area contributed by atoms with Crippen molar-refractivity contribution in [1.82, 2.24) is 0 Å². The first-order chi connectivity index (χ1) is 10.1. The molecule has 134 valence electrons. The van der Waals surface area contributed by atoms with E-state index < -0.39 is 15.6 Å². The third-order valence-electron chi connectivity index (χ3n) is 3.80. The fraction of sp³-hybridized carbons (Fsp3) is 1.00. The number of unbranched alkanes of at least 4 members (excludes halogenated alkanes) is 5. The summed E-state index contributed by atoms with van der Waals surface area (Å²) in [6.07, 6.45) is 10.1. The zero-order chi connectivity index (χ0) is 17.2. The maximum absolute atomic E-state index is 10.7. The Hall–Kier alpha value is -0.340. The third-order valence-corrected chi connectivity index (χ3v) is 4.36. The summed E-state index contributed by atoms with van der Waals surface area (Å²) in [5.74, 6) is 0.991. The zero-order valence-electron chi connectivity index (χ0n) is 13.4. The summed E-state index contributed by atoms with van der Waals surface area (Å²) in [7, 11) is -6.09. The summed E-state index contributed by atoms with van der Waals surface area (Å²) >= 11 is 0. The second-order valence-corrected chi connectivity index (χ2v) is 7.39. The molecule has 1 aliphatic heterocycles. The molecule has 1 heterocycles. The predicted molar refractivity (Wildman–Crippen MR) is 78.5 cm³/mol. The Morgan fingerprint density at radius 2 is 1.64 bits per heavy atom.